The molecule has 108 valence electrons. The predicted molar refractivity (Wildman–Crippen MR) is 75.3 cm³/mol. The maximum Gasteiger partial charge on any atom is 0.320 e. The summed E-state index contributed by atoms with van der Waals surface area (Å²) < 4.78 is 10.6. The van der Waals surface area contributed by atoms with Crippen LogP contribution in [0.25, 0.3) is 0 Å². The largest absolute Gasteiger partial charge is 0.493 e. The molecule has 0 saturated carbocycles. The fourth-order valence-corrected chi connectivity index (χ4v) is 1.45. The summed E-state index contributed by atoms with van der Waals surface area (Å²) in [7, 11) is 1.58. The number of carbonyl (C=O) groups is 1. The van der Waals surface area contributed by atoms with Crippen molar-refractivity contribution in [1.82, 2.24) is 5.32 Å². The summed E-state index contributed by atoms with van der Waals surface area (Å²) in [5.41, 5.74) is 0.948. The monoisotopic (exact) mass is 289 g/mol. The van der Waals surface area contributed by atoms with Gasteiger partial charge in [-0.15, -0.1) is 12.4 Å². The van der Waals surface area contributed by atoms with Crippen molar-refractivity contribution in [1.29, 1.82) is 0 Å². The molecule has 5 nitrogen and oxygen atoms in total. The predicted octanol–water partition coefficient (Wildman–Crippen LogP) is 2.08. The topological polar surface area (TPSA) is 67.8 Å². The van der Waals surface area contributed by atoms with Gasteiger partial charge in [-0.3, -0.25) is 4.79 Å². The van der Waals surface area contributed by atoms with E-state index in [-0.39, 0.29) is 12.4 Å². The average Bonchev–Trinajstić information content (AvgIpc) is 2.37. The molecule has 1 aromatic carbocycles. The molecule has 0 aliphatic rings. The fraction of sp³-hybridized carbons (Fsp3) is 0.462. The number of carboxylic acid groups (broad SMARTS) is 1. The summed E-state index contributed by atoms with van der Waals surface area (Å²) in [5.74, 6) is 0.474. The second-order valence-corrected chi connectivity index (χ2v) is 3.86. The van der Waals surface area contributed by atoms with Crippen molar-refractivity contribution in [2.24, 2.45) is 0 Å². The zero-order valence-electron chi connectivity index (χ0n) is 11.3. The Morgan fingerprint density at radius 2 is 2.11 bits per heavy atom. The summed E-state index contributed by atoms with van der Waals surface area (Å²) in [5, 5.41) is 11.7. The highest BCUT2D eigenvalue weighted by atomic mass is 35.5. The third-order valence-electron chi connectivity index (χ3n) is 2.51. The lowest BCUT2D eigenvalue weighted by molar-refractivity contribution is -0.139. The van der Waals surface area contributed by atoms with Crippen LogP contribution in [0.5, 0.6) is 11.5 Å². The number of halogens is 1. The molecule has 0 fully saturated rings. The van der Waals surface area contributed by atoms with Gasteiger partial charge in [-0.05, 0) is 31.5 Å². The Kier molecular flexibility index (Phi) is 7.95. The smallest absolute Gasteiger partial charge is 0.320 e. The van der Waals surface area contributed by atoms with E-state index in [2.05, 4.69) is 5.32 Å². The van der Waals surface area contributed by atoms with Gasteiger partial charge in [-0.2, -0.15) is 0 Å². The van der Waals surface area contributed by atoms with Crippen LogP contribution in [0, 0.1) is 0 Å². The number of ether oxygens (including phenoxy) is 2. The second kappa shape index (κ2) is 8.61. The average molecular weight is 290 g/mol. The standard InChI is InChI=1S/C13H19NO4.ClH/c1-4-18-11-6-5-10(7-12(11)17-3)8-14-9(2)13(15)16;/h5-7,9,14H,4,8H2,1-3H3,(H,15,16);1H. The van der Waals surface area contributed by atoms with Gasteiger partial charge in [0.2, 0.25) is 0 Å². The minimum atomic E-state index is -0.868. The van der Waals surface area contributed by atoms with Gasteiger partial charge in [0.05, 0.1) is 13.7 Å². The molecule has 1 aromatic rings. The molecule has 19 heavy (non-hydrogen) atoms. The molecule has 6 heteroatoms. The van der Waals surface area contributed by atoms with Crippen LogP contribution in [0.15, 0.2) is 18.2 Å². The maximum atomic E-state index is 10.7. The van der Waals surface area contributed by atoms with Crippen molar-refractivity contribution < 1.29 is 19.4 Å². The van der Waals surface area contributed by atoms with E-state index in [1.165, 1.54) is 0 Å². The van der Waals surface area contributed by atoms with Gasteiger partial charge in [0.1, 0.15) is 6.04 Å². The Morgan fingerprint density at radius 3 is 2.63 bits per heavy atom. The summed E-state index contributed by atoms with van der Waals surface area (Å²) >= 11 is 0. The van der Waals surface area contributed by atoms with E-state index in [9.17, 15) is 4.79 Å². The van der Waals surface area contributed by atoms with E-state index in [1.807, 2.05) is 25.1 Å². The molecule has 0 heterocycles. The first-order valence-electron chi connectivity index (χ1n) is 5.84. The molecule has 0 spiro atoms. The Hall–Kier alpha value is -1.46. The molecule has 1 atom stereocenters. The van der Waals surface area contributed by atoms with Crippen LogP contribution < -0.4 is 14.8 Å². The van der Waals surface area contributed by atoms with Crippen molar-refractivity contribution in [2.75, 3.05) is 13.7 Å². The molecule has 2 N–H and O–H groups in total. The van der Waals surface area contributed by atoms with E-state index >= 15 is 0 Å². The third-order valence-corrected chi connectivity index (χ3v) is 2.51. The summed E-state index contributed by atoms with van der Waals surface area (Å²) in [6.07, 6.45) is 0. The van der Waals surface area contributed by atoms with Crippen molar-refractivity contribution in [3.63, 3.8) is 0 Å². The highest BCUT2D eigenvalue weighted by Crippen LogP contribution is 2.27. The number of aliphatic carboxylic acids is 1. The zero-order valence-corrected chi connectivity index (χ0v) is 12.1. The number of benzene rings is 1. The van der Waals surface area contributed by atoms with Gasteiger partial charge in [-0.1, -0.05) is 6.07 Å². The number of carboxylic acids is 1. The van der Waals surface area contributed by atoms with Crippen LogP contribution in [-0.4, -0.2) is 30.8 Å². The molecule has 1 unspecified atom stereocenters. The fourth-order valence-electron chi connectivity index (χ4n) is 1.45. The normalized spacial score (nSPS) is 11.3. The van der Waals surface area contributed by atoms with Gasteiger partial charge >= 0.3 is 5.97 Å². The molecular formula is C13H20ClNO4. The molecule has 0 saturated heterocycles. The van der Waals surface area contributed by atoms with E-state index in [4.69, 9.17) is 14.6 Å². The van der Waals surface area contributed by atoms with Crippen LogP contribution in [0.3, 0.4) is 0 Å². The molecule has 0 amide bonds. The highest BCUT2D eigenvalue weighted by Gasteiger charge is 2.10. The van der Waals surface area contributed by atoms with Crippen molar-refractivity contribution in [2.45, 2.75) is 26.4 Å². The van der Waals surface area contributed by atoms with Gasteiger partial charge in [0.15, 0.2) is 11.5 Å². The molecule has 0 aromatic heterocycles. The Labute approximate surface area is 119 Å². The van der Waals surface area contributed by atoms with E-state index in [0.29, 0.717) is 24.7 Å². The Balaban J connectivity index is 0.00000324. The van der Waals surface area contributed by atoms with Crippen LogP contribution in [0.1, 0.15) is 19.4 Å². The third kappa shape index (κ3) is 5.36. The number of nitrogens with one attached hydrogen (secondary N) is 1. The molecular weight excluding hydrogens is 270 g/mol. The number of rotatable bonds is 7. The minimum absolute atomic E-state index is 0. The summed E-state index contributed by atoms with van der Waals surface area (Å²) in [6.45, 7) is 4.55. The zero-order chi connectivity index (χ0) is 13.5. The maximum absolute atomic E-state index is 10.7. The van der Waals surface area contributed by atoms with Gasteiger partial charge < -0.3 is 19.9 Å². The summed E-state index contributed by atoms with van der Waals surface area (Å²) in [4.78, 5) is 10.7. The van der Waals surface area contributed by atoms with Crippen molar-refractivity contribution in [3.8, 4) is 11.5 Å². The molecule has 0 bridgehead atoms. The first kappa shape index (κ1) is 17.5. The molecule has 0 radical (unpaired) electrons. The van der Waals surface area contributed by atoms with Gasteiger partial charge in [0, 0.05) is 6.54 Å². The van der Waals surface area contributed by atoms with E-state index in [1.54, 1.807) is 14.0 Å². The lowest BCUT2D eigenvalue weighted by Crippen LogP contribution is -2.33. The van der Waals surface area contributed by atoms with Crippen molar-refractivity contribution >= 4 is 18.4 Å². The van der Waals surface area contributed by atoms with E-state index < -0.39 is 12.0 Å². The highest BCUT2D eigenvalue weighted by molar-refractivity contribution is 5.85. The van der Waals surface area contributed by atoms with Crippen LogP contribution in [0.4, 0.5) is 0 Å². The lowest BCUT2D eigenvalue weighted by atomic mass is 10.2. The SMILES string of the molecule is CCOc1ccc(CNC(C)C(=O)O)cc1OC.Cl. The number of hydrogen-bond acceptors (Lipinski definition) is 4. The molecule has 1 rings (SSSR count). The van der Waals surface area contributed by atoms with Crippen molar-refractivity contribution in [3.05, 3.63) is 23.8 Å². The second-order valence-electron chi connectivity index (χ2n) is 3.86. The van der Waals surface area contributed by atoms with Gasteiger partial charge in [0.25, 0.3) is 0 Å². The first-order chi connectivity index (χ1) is 8.58. The molecule has 0 aliphatic heterocycles. The molecule has 0 aliphatic carbocycles. The summed E-state index contributed by atoms with van der Waals surface area (Å²) in [6, 6.07) is 4.97. The lowest BCUT2D eigenvalue weighted by Gasteiger charge is -2.12. The minimum Gasteiger partial charge on any atom is -0.493 e. The number of methoxy groups -OCH3 is 1. The number of hydrogen-bond donors (Lipinski definition) is 2. The Bertz CT molecular complexity index is 412. The quantitative estimate of drug-likeness (QED) is 0.804. The van der Waals surface area contributed by atoms with Gasteiger partial charge in [-0.25, -0.2) is 0 Å². The Morgan fingerprint density at radius 1 is 1.42 bits per heavy atom. The first-order valence-corrected chi connectivity index (χ1v) is 5.84. The van der Waals surface area contributed by atoms with Crippen LogP contribution in [-0.2, 0) is 11.3 Å². The van der Waals surface area contributed by atoms with Crippen LogP contribution >= 0.6 is 12.4 Å². The van der Waals surface area contributed by atoms with E-state index in [0.717, 1.165) is 5.56 Å². The van der Waals surface area contributed by atoms with Crippen LogP contribution in [0.2, 0.25) is 0 Å².